The Kier molecular flexibility index (Phi) is 5.62. The van der Waals surface area contributed by atoms with Crippen molar-refractivity contribution >= 4 is 0 Å². The van der Waals surface area contributed by atoms with E-state index >= 15 is 0 Å². The van der Waals surface area contributed by atoms with E-state index in [1.807, 2.05) is 0 Å². The number of nitrogens with two attached hydrogens (primary N) is 1. The molecule has 1 saturated carbocycles. The van der Waals surface area contributed by atoms with Crippen LogP contribution in [-0.2, 0) is 0 Å². The Labute approximate surface area is 124 Å². The number of benzene rings is 1. The second kappa shape index (κ2) is 7.24. The molecule has 1 atom stereocenters. The molecule has 0 heterocycles. The largest absolute Gasteiger partial charge is 0.323 e. The van der Waals surface area contributed by atoms with Gasteiger partial charge in [-0.3, -0.25) is 0 Å². The fraction of sp³-hybridized carbons (Fsp3) is 0.667. The minimum atomic E-state index is 0.127. The van der Waals surface area contributed by atoms with Crippen LogP contribution in [0.4, 0.5) is 0 Å². The Morgan fingerprint density at radius 2 is 1.70 bits per heavy atom. The number of rotatable bonds is 5. The molecule has 2 rings (SSSR count). The lowest BCUT2D eigenvalue weighted by Crippen LogP contribution is -2.33. The maximum atomic E-state index is 6.40. The zero-order valence-corrected chi connectivity index (χ0v) is 13.4. The van der Waals surface area contributed by atoms with Gasteiger partial charge >= 0.3 is 0 Å². The summed E-state index contributed by atoms with van der Waals surface area (Å²) < 4.78 is 0. The molecule has 112 valence electrons. The first-order valence-electron chi connectivity index (χ1n) is 8.07. The van der Waals surface area contributed by atoms with Gasteiger partial charge in [-0.1, -0.05) is 48.6 Å². The molecule has 20 heavy (non-hydrogen) atoms. The van der Waals surface area contributed by atoms with Gasteiger partial charge in [0.25, 0.3) is 0 Å². The number of nitrogens with zero attached hydrogens (tertiary/aromatic N) is 1. The quantitative estimate of drug-likeness (QED) is 0.884. The molecule has 2 nitrogen and oxygen atoms in total. The van der Waals surface area contributed by atoms with Crippen molar-refractivity contribution in [3.05, 3.63) is 34.9 Å². The number of hydrogen-bond acceptors (Lipinski definition) is 2. The molecule has 0 spiro atoms. The summed E-state index contributed by atoms with van der Waals surface area (Å²) in [7, 11) is 2.22. The molecule has 0 radical (unpaired) electrons. The fourth-order valence-electron chi connectivity index (χ4n) is 3.55. The lowest BCUT2D eigenvalue weighted by Gasteiger charge is -2.28. The van der Waals surface area contributed by atoms with Crippen molar-refractivity contribution in [1.29, 1.82) is 0 Å². The first-order chi connectivity index (χ1) is 9.54. The van der Waals surface area contributed by atoms with Crippen LogP contribution in [0, 0.1) is 19.8 Å². The van der Waals surface area contributed by atoms with Crippen LogP contribution in [0.1, 0.15) is 54.8 Å². The van der Waals surface area contributed by atoms with Crippen LogP contribution in [0.3, 0.4) is 0 Å². The van der Waals surface area contributed by atoms with E-state index < -0.39 is 0 Å². The molecule has 2 heteroatoms. The van der Waals surface area contributed by atoms with Crippen LogP contribution in [-0.4, -0.2) is 25.0 Å². The van der Waals surface area contributed by atoms with Crippen molar-refractivity contribution in [2.24, 2.45) is 11.7 Å². The van der Waals surface area contributed by atoms with E-state index in [-0.39, 0.29) is 6.04 Å². The summed E-state index contributed by atoms with van der Waals surface area (Å²) in [6, 6.07) is 6.79. The van der Waals surface area contributed by atoms with Crippen molar-refractivity contribution in [2.45, 2.75) is 52.0 Å². The Balaban J connectivity index is 1.87. The Morgan fingerprint density at radius 3 is 2.30 bits per heavy atom. The third kappa shape index (κ3) is 4.60. The molecule has 0 aromatic heterocycles. The van der Waals surface area contributed by atoms with Gasteiger partial charge in [0, 0.05) is 19.1 Å². The summed E-state index contributed by atoms with van der Waals surface area (Å²) in [5.41, 5.74) is 10.3. The van der Waals surface area contributed by atoms with E-state index in [2.05, 4.69) is 44.0 Å². The Hall–Kier alpha value is -0.860. The molecule has 1 aliphatic carbocycles. The van der Waals surface area contributed by atoms with Gasteiger partial charge < -0.3 is 10.6 Å². The van der Waals surface area contributed by atoms with Crippen LogP contribution >= 0.6 is 0 Å². The fourth-order valence-corrected chi connectivity index (χ4v) is 3.55. The second-order valence-electron chi connectivity index (χ2n) is 6.75. The van der Waals surface area contributed by atoms with Crippen LogP contribution in [0.15, 0.2) is 18.2 Å². The van der Waals surface area contributed by atoms with E-state index in [0.717, 1.165) is 12.5 Å². The molecular formula is C18H30N2. The zero-order valence-electron chi connectivity index (χ0n) is 13.4. The summed E-state index contributed by atoms with van der Waals surface area (Å²) in [4.78, 5) is 2.43. The van der Waals surface area contributed by atoms with Gasteiger partial charge in [-0.05, 0) is 45.2 Å². The highest BCUT2D eigenvalue weighted by molar-refractivity contribution is 5.30. The van der Waals surface area contributed by atoms with Gasteiger partial charge in [-0.15, -0.1) is 0 Å². The minimum absolute atomic E-state index is 0.127. The van der Waals surface area contributed by atoms with E-state index in [4.69, 9.17) is 5.73 Å². The van der Waals surface area contributed by atoms with Gasteiger partial charge in [0.15, 0.2) is 0 Å². The predicted octanol–water partition coefficient (Wildman–Crippen LogP) is 3.82. The summed E-state index contributed by atoms with van der Waals surface area (Å²) in [5.74, 6) is 0.889. The molecule has 0 bridgehead atoms. The first kappa shape index (κ1) is 15.5. The van der Waals surface area contributed by atoms with Gasteiger partial charge in [-0.2, -0.15) is 0 Å². The standard InChI is InChI=1S/C18H30N2/c1-14-9-15(2)11-17(10-14)18(19)13-20(3)12-16-7-5-4-6-8-16/h9-11,16,18H,4-8,12-13,19H2,1-3H3. The SMILES string of the molecule is Cc1cc(C)cc(C(N)CN(C)CC2CCCCC2)c1. The molecule has 1 fully saturated rings. The number of aryl methyl sites for hydroxylation is 2. The van der Waals surface area contributed by atoms with Crippen molar-refractivity contribution in [1.82, 2.24) is 4.90 Å². The van der Waals surface area contributed by atoms with Crippen LogP contribution in [0.25, 0.3) is 0 Å². The van der Waals surface area contributed by atoms with Crippen LogP contribution < -0.4 is 5.73 Å². The lowest BCUT2D eigenvalue weighted by molar-refractivity contribution is 0.224. The third-order valence-electron chi connectivity index (χ3n) is 4.48. The molecule has 1 unspecified atom stereocenters. The third-order valence-corrected chi connectivity index (χ3v) is 4.48. The zero-order chi connectivity index (χ0) is 14.5. The highest BCUT2D eigenvalue weighted by Crippen LogP contribution is 2.24. The second-order valence-corrected chi connectivity index (χ2v) is 6.75. The van der Waals surface area contributed by atoms with E-state index in [1.165, 1.54) is 55.3 Å². The van der Waals surface area contributed by atoms with Crippen molar-refractivity contribution in [3.63, 3.8) is 0 Å². The Morgan fingerprint density at radius 1 is 1.10 bits per heavy atom. The predicted molar refractivity (Wildman–Crippen MR) is 86.9 cm³/mol. The van der Waals surface area contributed by atoms with Crippen LogP contribution in [0.2, 0.25) is 0 Å². The highest BCUT2D eigenvalue weighted by atomic mass is 15.1. The summed E-state index contributed by atoms with van der Waals surface area (Å²) in [6.45, 7) is 6.46. The minimum Gasteiger partial charge on any atom is -0.323 e. The average molecular weight is 274 g/mol. The van der Waals surface area contributed by atoms with Crippen LogP contribution in [0.5, 0.6) is 0 Å². The monoisotopic (exact) mass is 274 g/mol. The lowest BCUT2D eigenvalue weighted by atomic mass is 9.89. The van der Waals surface area contributed by atoms with Crippen molar-refractivity contribution in [2.75, 3.05) is 20.1 Å². The van der Waals surface area contributed by atoms with Gasteiger partial charge in [0.1, 0.15) is 0 Å². The maximum absolute atomic E-state index is 6.40. The molecule has 1 aromatic carbocycles. The van der Waals surface area contributed by atoms with Gasteiger partial charge in [0.05, 0.1) is 0 Å². The molecule has 0 aliphatic heterocycles. The highest BCUT2D eigenvalue weighted by Gasteiger charge is 2.17. The van der Waals surface area contributed by atoms with E-state index in [1.54, 1.807) is 0 Å². The Bertz CT molecular complexity index is 401. The average Bonchev–Trinajstić information content (AvgIpc) is 2.38. The van der Waals surface area contributed by atoms with E-state index in [0.29, 0.717) is 0 Å². The molecular weight excluding hydrogens is 244 g/mol. The number of likely N-dealkylation sites (N-methyl/N-ethyl adjacent to an activating group) is 1. The molecule has 1 aromatic rings. The molecule has 1 aliphatic rings. The van der Waals surface area contributed by atoms with Gasteiger partial charge in [-0.25, -0.2) is 0 Å². The summed E-state index contributed by atoms with van der Waals surface area (Å²) in [6.07, 6.45) is 7.08. The van der Waals surface area contributed by atoms with Gasteiger partial charge in [0.2, 0.25) is 0 Å². The van der Waals surface area contributed by atoms with Crippen molar-refractivity contribution < 1.29 is 0 Å². The maximum Gasteiger partial charge on any atom is 0.0424 e. The molecule has 0 amide bonds. The first-order valence-corrected chi connectivity index (χ1v) is 8.07. The topological polar surface area (TPSA) is 29.3 Å². The van der Waals surface area contributed by atoms with E-state index in [9.17, 15) is 0 Å². The smallest absolute Gasteiger partial charge is 0.0424 e. The normalized spacial score (nSPS) is 18.4. The molecule has 0 saturated heterocycles. The number of hydrogen-bond donors (Lipinski definition) is 1. The van der Waals surface area contributed by atoms with Crippen molar-refractivity contribution in [3.8, 4) is 0 Å². The molecule has 2 N–H and O–H groups in total. The summed E-state index contributed by atoms with van der Waals surface area (Å²) in [5, 5.41) is 0. The summed E-state index contributed by atoms with van der Waals surface area (Å²) >= 11 is 0.